The molecule has 0 fully saturated rings. The van der Waals surface area contributed by atoms with Crippen LogP contribution < -0.4 is 4.74 Å². The average Bonchev–Trinajstić information content (AvgIpc) is 2.15. The van der Waals surface area contributed by atoms with Gasteiger partial charge in [-0.3, -0.25) is 0 Å². The predicted molar refractivity (Wildman–Crippen MR) is 54.8 cm³/mol. The molecular formula is C9H13BrN2O. The maximum absolute atomic E-state index is 5.42. The van der Waals surface area contributed by atoms with Crippen molar-refractivity contribution >= 4 is 15.9 Å². The van der Waals surface area contributed by atoms with Gasteiger partial charge in [-0.05, 0) is 22.4 Å². The number of ether oxygens (including phenoxy) is 1. The van der Waals surface area contributed by atoms with E-state index in [1.807, 2.05) is 0 Å². The Balaban J connectivity index is 2.25. The second-order valence-electron chi connectivity index (χ2n) is 2.74. The van der Waals surface area contributed by atoms with Crippen LogP contribution in [0.25, 0.3) is 0 Å². The van der Waals surface area contributed by atoms with Gasteiger partial charge in [0.05, 0.1) is 19.0 Å². The maximum Gasteiger partial charge on any atom is 0.196 e. The summed E-state index contributed by atoms with van der Waals surface area (Å²) in [5.41, 5.74) is 0. The monoisotopic (exact) mass is 244 g/mol. The first-order valence-electron chi connectivity index (χ1n) is 4.43. The Morgan fingerprint density at radius 1 is 1.31 bits per heavy atom. The van der Waals surface area contributed by atoms with E-state index < -0.39 is 0 Å². The third kappa shape index (κ3) is 4.22. The van der Waals surface area contributed by atoms with Crippen molar-refractivity contribution in [2.45, 2.75) is 26.2 Å². The van der Waals surface area contributed by atoms with Gasteiger partial charge in [0.15, 0.2) is 10.5 Å². The Morgan fingerprint density at radius 3 is 2.62 bits per heavy atom. The van der Waals surface area contributed by atoms with E-state index in [1.165, 1.54) is 12.8 Å². The average molecular weight is 245 g/mol. The summed E-state index contributed by atoms with van der Waals surface area (Å²) in [7, 11) is 0. The molecule has 0 aliphatic carbocycles. The van der Waals surface area contributed by atoms with Gasteiger partial charge in [0.1, 0.15) is 0 Å². The molecule has 1 rings (SSSR count). The standard InChI is InChI=1S/C9H13BrN2O/c1-2-3-4-5-13-8-6-11-9(10)12-7-8/h6-7H,2-5H2,1H3. The summed E-state index contributed by atoms with van der Waals surface area (Å²) in [6.45, 7) is 2.92. The molecule has 0 saturated carbocycles. The zero-order valence-corrected chi connectivity index (χ0v) is 9.25. The smallest absolute Gasteiger partial charge is 0.196 e. The highest BCUT2D eigenvalue weighted by Crippen LogP contribution is 2.09. The molecule has 0 radical (unpaired) electrons. The highest BCUT2D eigenvalue weighted by atomic mass is 79.9. The fourth-order valence-corrected chi connectivity index (χ4v) is 1.12. The lowest BCUT2D eigenvalue weighted by Gasteiger charge is -2.03. The number of rotatable bonds is 5. The normalized spacial score (nSPS) is 10.0. The fraction of sp³-hybridized carbons (Fsp3) is 0.556. The molecule has 0 N–H and O–H groups in total. The van der Waals surface area contributed by atoms with E-state index in [4.69, 9.17) is 4.74 Å². The van der Waals surface area contributed by atoms with E-state index in [1.54, 1.807) is 12.4 Å². The van der Waals surface area contributed by atoms with Gasteiger partial charge in [-0.2, -0.15) is 0 Å². The van der Waals surface area contributed by atoms with E-state index in [-0.39, 0.29) is 0 Å². The lowest BCUT2D eigenvalue weighted by atomic mass is 10.3. The first kappa shape index (κ1) is 10.4. The van der Waals surface area contributed by atoms with Crippen LogP contribution in [0.15, 0.2) is 17.1 Å². The number of hydrogen-bond donors (Lipinski definition) is 0. The van der Waals surface area contributed by atoms with Crippen LogP contribution >= 0.6 is 15.9 Å². The summed E-state index contributed by atoms with van der Waals surface area (Å²) < 4.78 is 6.01. The fourth-order valence-electron chi connectivity index (χ4n) is 0.917. The molecule has 0 bridgehead atoms. The van der Waals surface area contributed by atoms with Crippen LogP contribution in [0.2, 0.25) is 0 Å². The van der Waals surface area contributed by atoms with Crippen molar-refractivity contribution < 1.29 is 4.74 Å². The molecule has 0 atom stereocenters. The largest absolute Gasteiger partial charge is 0.490 e. The highest BCUT2D eigenvalue weighted by molar-refractivity contribution is 9.10. The second-order valence-corrected chi connectivity index (χ2v) is 3.45. The van der Waals surface area contributed by atoms with Gasteiger partial charge in [-0.15, -0.1) is 0 Å². The molecule has 1 heterocycles. The number of aromatic nitrogens is 2. The molecule has 72 valence electrons. The number of unbranched alkanes of at least 4 members (excludes halogenated alkanes) is 2. The summed E-state index contributed by atoms with van der Waals surface area (Å²) in [6, 6.07) is 0. The van der Waals surface area contributed by atoms with Crippen molar-refractivity contribution in [3.05, 3.63) is 17.1 Å². The first-order chi connectivity index (χ1) is 6.33. The SMILES string of the molecule is CCCCCOc1cnc(Br)nc1. The lowest BCUT2D eigenvalue weighted by Crippen LogP contribution is -1.97. The van der Waals surface area contributed by atoms with E-state index in [0.29, 0.717) is 4.73 Å². The Bertz CT molecular complexity index is 238. The van der Waals surface area contributed by atoms with Crippen molar-refractivity contribution in [1.82, 2.24) is 9.97 Å². The van der Waals surface area contributed by atoms with Crippen LogP contribution in [-0.2, 0) is 0 Å². The van der Waals surface area contributed by atoms with Crippen LogP contribution in [-0.4, -0.2) is 16.6 Å². The van der Waals surface area contributed by atoms with Gasteiger partial charge in [0.25, 0.3) is 0 Å². The summed E-state index contributed by atoms with van der Waals surface area (Å²) in [5.74, 6) is 0.735. The molecule has 0 unspecified atom stereocenters. The molecule has 0 amide bonds. The van der Waals surface area contributed by atoms with E-state index in [2.05, 4.69) is 32.8 Å². The zero-order valence-electron chi connectivity index (χ0n) is 7.66. The molecule has 0 aliphatic heterocycles. The van der Waals surface area contributed by atoms with E-state index in [0.717, 1.165) is 18.8 Å². The van der Waals surface area contributed by atoms with E-state index >= 15 is 0 Å². The third-order valence-electron chi connectivity index (χ3n) is 1.61. The minimum atomic E-state index is 0.591. The van der Waals surface area contributed by atoms with Crippen LogP contribution in [0.5, 0.6) is 5.75 Å². The molecule has 0 saturated heterocycles. The maximum atomic E-state index is 5.42. The van der Waals surface area contributed by atoms with Crippen LogP contribution in [0.3, 0.4) is 0 Å². The molecule has 1 aromatic heterocycles. The van der Waals surface area contributed by atoms with Gasteiger partial charge in [-0.1, -0.05) is 19.8 Å². The number of nitrogens with zero attached hydrogens (tertiary/aromatic N) is 2. The Hall–Kier alpha value is -0.640. The van der Waals surface area contributed by atoms with Gasteiger partial charge >= 0.3 is 0 Å². The zero-order chi connectivity index (χ0) is 9.52. The van der Waals surface area contributed by atoms with E-state index in [9.17, 15) is 0 Å². The van der Waals surface area contributed by atoms with Crippen molar-refractivity contribution in [2.75, 3.05) is 6.61 Å². The molecular weight excluding hydrogens is 232 g/mol. The molecule has 13 heavy (non-hydrogen) atoms. The molecule has 0 aromatic carbocycles. The minimum absolute atomic E-state index is 0.591. The summed E-state index contributed by atoms with van der Waals surface area (Å²) >= 11 is 3.16. The second kappa shape index (κ2) is 5.91. The molecule has 0 spiro atoms. The molecule has 3 nitrogen and oxygen atoms in total. The van der Waals surface area contributed by atoms with Crippen molar-refractivity contribution in [3.8, 4) is 5.75 Å². The lowest BCUT2D eigenvalue weighted by molar-refractivity contribution is 0.303. The third-order valence-corrected chi connectivity index (χ3v) is 2.02. The van der Waals surface area contributed by atoms with Gasteiger partial charge in [0, 0.05) is 0 Å². The summed E-state index contributed by atoms with van der Waals surface area (Å²) in [6.07, 6.45) is 6.84. The quantitative estimate of drug-likeness (QED) is 0.591. The first-order valence-corrected chi connectivity index (χ1v) is 5.22. The predicted octanol–water partition coefficient (Wildman–Crippen LogP) is 2.81. The topological polar surface area (TPSA) is 35.0 Å². The minimum Gasteiger partial charge on any atom is -0.490 e. The molecule has 1 aromatic rings. The van der Waals surface area contributed by atoms with Crippen molar-refractivity contribution in [1.29, 1.82) is 0 Å². The molecule has 4 heteroatoms. The summed E-state index contributed by atoms with van der Waals surface area (Å²) in [5, 5.41) is 0. The van der Waals surface area contributed by atoms with Gasteiger partial charge in [0.2, 0.25) is 0 Å². The van der Waals surface area contributed by atoms with Crippen molar-refractivity contribution in [2.24, 2.45) is 0 Å². The number of halogens is 1. The Kier molecular flexibility index (Phi) is 4.75. The van der Waals surface area contributed by atoms with Crippen LogP contribution in [0, 0.1) is 0 Å². The summed E-state index contributed by atoms with van der Waals surface area (Å²) in [4.78, 5) is 7.92. The highest BCUT2D eigenvalue weighted by Gasteiger charge is 1.94. The van der Waals surface area contributed by atoms with Gasteiger partial charge in [-0.25, -0.2) is 9.97 Å². The molecule has 0 aliphatic rings. The van der Waals surface area contributed by atoms with Crippen LogP contribution in [0.4, 0.5) is 0 Å². The number of hydrogen-bond acceptors (Lipinski definition) is 3. The Labute approximate surface area is 86.7 Å². The van der Waals surface area contributed by atoms with Crippen molar-refractivity contribution in [3.63, 3.8) is 0 Å². The van der Waals surface area contributed by atoms with Crippen LogP contribution in [0.1, 0.15) is 26.2 Å². The Morgan fingerprint density at radius 2 is 2.00 bits per heavy atom. The van der Waals surface area contributed by atoms with Gasteiger partial charge < -0.3 is 4.74 Å².